The number of aromatic nitrogens is 1. The van der Waals surface area contributed by atoms with Gasteiger partial charge in [-0.3, -0.25) is 4.98 Å². The van der Waals surface area contributed by atoms with Crippen LogP contribution in [-0.4, -0.2) is 19.9 Å². The third-order valence-corrected chi connectivity index (χ3v) is 3.79. The van der Waals surface area contributed by atoms with Crippen LogP contribution in [0.1, 0.15) is 5.56 Å². The summed E-state index contributed by atoms with van der Waals surface area (Å²) in [7, 11) is -3.77. The third kappa shape index (κ3) is 3.69. The lowest BCUT2D eigenvalue weighted by molar-refractivity contribution is 0.598. The fourth-order valence-electron chi connectivity index (χ4n) is 1.82. The average molecular weight is 292 g/mol. The summed E-state index contributed by atoms with van der Waals surface area (Å²) in [6, 6.07) is 8.49. The first-order valence-electron chi connectivity index (χ1n) is 6.02. The summed E-state index contributed by atoms with van der Waals surface area (Å²) < 4.78 is 22.5. The number of anilines is 2. The summed E-state index contributed by atoms with van der Waals surface area (Å²) in [5.74, 6) is 0. The quantitative estimate of drug-likeness (QED) is 0.711. The maximum Gasteiger partial charge on any atom is 0.240 e. The molecular weight excluding hydrogens is 276 g/mol. The molecular formula is C13H16N4O2S. The maximum absolute atomic E-state index is 11.2. The molecule has 0 bridgehead atoms. The lowest BCUT2D eigenvalue weighted by atomic mass is 10.2. The Labute approximate surface area is 117 Å². The van der Waals surface area contributed by atoms with E-state index in [1.54, 1.807) is 24.5 Å². The fraction of sp³-hybridized carbons (Fsp3) is 0.154. The molecule has 0 fully saturated rings. The number of nitrogens with zero attached hydrogens (tertiary/aromatic N) is 1. The molecule has 6 nitrogen and oxygen atoms in total. The van der Waals surface area contributed by atoms with Crippen molar-refractivity contribution in [3.63, 3.8) is 0 Å². The molecule has 106 valence electrons. The van der Waals surface area contributed by atoms with Gasteiger partial charge in [0.05, 0.1) is 5.69 Å². The number of hydrogen-bond acceptors (Lipinski definition) is 5. The van der Waals surface area contributed by atoms with E-state index >= 15 is 0 Å². The van der Waals surface area contributed by atoms with Crippen molar-refractivity contribution in [2.24, 2.45) is 5.14 Å². The number of pyridine rings is 1. The average Bonchev–Trinajstić information content (AvgIpc) is 2.38. The van der Waals surface area contributed by atoms with Gasteiger partial charge in [-0.05, 0) is 42.3 Å². The predicted molar refractivity (Wildman–Crippen MR) is 78.7 cm³/mol. The molecule has 0 amide bonds. The minimum atomic E-state index is -3.77. The van der Waals surface area contributed by atoms with E-state index in [-0.39, 0.29) is 10.6 Å². The predicted octanol–water partition coefficient (Wildman–Crippen LogP) is 0.966. The highest BCUT2D eigenvalue weighted by Crippen LogP contribution is 2.21. The van der Waals surface area contributed by atoms with E-state index in [0.717, 1.165) is 12.1 Å². The summed E-state index contributed by atoms with van der Waals surface area (Å²) in [5.41, 5.74) is 7.74. The Balaban J connectivity index is 1.99. The van der Waals surface area contributed by atoms with Gasteiger partial charge in [-0.15, -0.1) is 0 Å². The second-order valence-electron chi connectivity index (χ2n) is 4.33. The fourth-order valence-corrected chi connectivity index (χ4v) is 2.46. The zero-order valence-corrected chi connectivity index (χ0v) is 11.6. The van der Waals surface area contributed by atoms with Gasteiger partial charge >= 0.3 is 0 Å². The van der Waals surface area contributed by atoms with E-state index in [2.05, 4.69) is 10.3 Å². The smallest absolute Gasteiger partial charge is 0.240 e. The molecule has 0 unspecified atom stereocenters. The minimum Gasteiger partial charge on any atom is -0.398 e. The normalized spacial score (nSPS) is 11.2. The zero-order valence-electron chi connectivity index (χ0n) is 10.8. The van der Waals surface area contributed by atoms with Gasteiger partial charge in [0.15, 0.2) is 0 Å². The van der Waals surface area contributed by atoms with Crippen molar-refractivity contribution in [3.8, 4) is 0 Å². The second-order valence-corrected chi connectivity index (χ2v) is 5.86. The number of benzene rings is 1. The molecule has 7 heteroatoms. The number of nitrogen functional groups attached to an aromatic ring is 1. The molecule has 2 aromatic rings. The van der Waals surface area contributed by atoms with Crippen LogP contribution in [0.15, 0.2) is 47.6 Å². The van der Waals surface area contributed by atoms with Gasteiger partial charge in [-0.25, -0.2) is 13.6 Å². The van der Waals surface area contributed by atoms with Crippen molar-refractivity contribution in [2.45, 2.75) is 11.3 Å². The van der Waals surface area contributed by atoms with Gasteiger partial charge in [0.2, 0.25) is 10.0 Å². The molecule has 0 radical (unpaired) electrons. The standard InChI is InChI=1S/C13H16N4O2S/c14-12-9-11(1-2-13(12)20(15,18)19)17-8-5-10-3-6-16-7-4-10/h1-4,6-7,9,17H,5,8,14H2,(H2,15,18,19). The van der Waals surface area contributed by atoms with Gasteiger partial charge in [0, 0.05) is 24.6 Å². The molecule has 1 aromatic heterocycles. The first-order valence-corrected chi connectivity index (χ1v) is 7.56. The molecule has 1 aromatic carbocycles. The topological polar surface area (TPSA) is 111 Å². The number of nitrogens with two attached hydrogens (primary N) is 2. The minimum absolute atomic E-state index is 0.0582. The Morgan fingerprint density at radius 3 is 2.45 bits per heavy atom. The molecule has 0 aliphatic rings. The van der Waals surface area contributed by atoms with Crippen LogP contribution in [0, 0.1) is 0 Å². The van der Waals surface area contributed by atoms with Crippen LogP contribution < -0.4 is 16.2 Å². The Hall–Kier alpha value is -2.12. The molecule has 0 aliphatic heterocycles. The third-order valence-electron chi connectivity index (χ3n) is 2.81. The number of hydrogen-bond donors (Lipinski definition) is 3. The first kappa shape index (κ1) is 14.3. The van der Waals surface area contributed by atoms with Gasteiger partial charge < -0.3 is 11.1 Å². The summed E-state index contributed by atoms with van der Waals surface area (Å²) in [6.07, 6.45) is 4.32. The number of nitrogens with one attached hydrogen (secondary N) is 1. The maximum atomic E-state index is 11.2. The van der Waals surface area contributed by atoms with Crippen LogP contribution in [0.25, 0.3) is 0 Å². The molecule has 0 saturated heterocycles. The SMILES string of the molecule is Nc1cc(NCCc2ccncc2)ccc1S(N)(=O)=O. The van der Waals surface area contributed by atoms with Crippen LogP contribution in [0.2, 0.25) is 0 Å². The van der Waals surface area contributed by atoms with E-state index in [0.29, 0.717) is 6.54 Å². The van der Waals surface area contributed by atoms with E-state index < -0.39 is 10.0 Å². The van der Waals surface area contributed by atoms with Gasteiger partial charge in [0.1, 0.15) is 4.90 Å². The molecule has 0 spiro atoms. The van der Waals surface area contributed by atoms with Crippen molar-refractivity contribution >= 4 is 21.4 Å². The van der Waals surface area contributed by atoms with Crippen LogP contribution >= 0.6 is 0 Å². The van der Waals surface area contributed by atoms with Gasteiger partial charge in [0.25, 0.3) is 0 Å². The monoisotopic (exact) mass is 292 g/mol. The number of primary sulfonamides is 1. The highest BCUT2D eigenvalue weighted by atomic mass is 32.2. The lowest BCUT2D eigenvalue weighted by Crippen LogP contribution is -2.14. The lowest BCUT2D eigenvalue weighted by Gasteiger charge is -2.09. The number of rotatable bonds is 5. The van der Waals surface area contributed by atoms with Crippen LogP contribution in [-0.2, 0) is 16.4 Å². The summed E-state index contributed by atoms with van der Waals surface area (Å²) >= 11 is 0. The van der Waals surface area contributed by atoms with Crippen LogP contribution in [0.5, 0.6) is 0 Å². The van der Waals surface area contributed by atoms with Crippen LogP contribution in [0.3, 0.4) is 0 Å². The Kier molecular flexibility index (Phi) is 4.21. The Morgan fingerprint density at radius 2 is 1.85 bits per heavy atom. The van der Waals surface area contributed by atoms with Gasteiger partial charge in [-0.2, -0.15) is 0 Å². The van der Waals surface area contributed by atoms with E-state index in [1.807, 2.05) is 12.1 Å². The number of sulfonamides is 1. The highest BCUT2D eigenvalue weighted by Gasteiger charge is 2.11. The van der Waals surface area contributed by atoms with Crippen molar-refractivity contribution in [2.75, 3.05) is 17.6 Å². The second kappa shape index (κ2) is 5.89. The highest BCUT2D eigenvalue weighted by molar-refractivity contribution is 7.89. The van der Waals surface area contributed by atoms with Crippen molar-refractivity contribution in [3.05, 3.63) is 48.3 Å². The Morgan fingerprint density at radius 1 is 1.15 bits per heavy atom. The molecule has 2 rings (SSSR count). The molecule has 0 saturated carbocycles. The summed E-state index contributed by atoms with van der Waals surface area (Å²) in [5, 5.41) is 8.23. The molecule has 5 N–H and O–H groups in total. The first-order chi connectivity index (χ1) is 9.47. The largest absolute Gasteiger partial charge is 0.398 e. The Bertz CT molecular complexity index is 687. The molecule has 0 atom stereocenters. The summed E-state index contributed by atoms with van der Waals surface area (Å²) in [4.78, 5) is 3.89. The van der Waals surface area contributed by atoms with E-state index in [9.17, 15) is 8.42 Å². The van der Waals surface area contributed by atoms with Crippen LogP contribution in [0.4, 0.5) is 11.4 Å². The molecule has 20 heavy (non-hydrogen) atoms. The van der Waals surface area contributed by atoms with E-state index in [4.69, 9.17) is 10.9 Å². The molecule has 1 heterocycles. The summed E-state index contributed by atoms with van der Waals surface area (Å²) in [6.45, 7) is 0.707. The van der Waals surface area contributed by atoms with Gasteiger partial charge in [-0.1, -0.05) is 0 Å². The van der Waals surface area contributed by atoms with E-state index in [1.165, 1.54) is 11.6 Å². The van der Waals surface area contributed by atoms with Crippen molar-refractivity contribution in [1.82, 2.24) is 4.98 Å². The molecule has 0 aliphatic carbocycles. The zero-order chi connectivity index (χ0) is 14.6. The van der Waals surface area contributed by atoms with Crippen molar-refractivity contribution in [1.29, 1.82) is 0 Å². The van der Waals surface area contributed by atoms with Crippen molar-refractivity contribution < 1.29 is 8.42 Å².